The number of aryl methyl sites for hydroxylation is 1. The van der Waals surface area contributed by atoms with Crippen molar-refractivity contribution < 1.29 is 4.74 Å². The van der Waals surface area contributed by atoms with Crippen LogP contribution < -0.4 is 4.90 Å². The third kappa shape index (κ3) is 3.52. The minimum absolute atomic E-state index is 0.716. The van der Waals surface area contributed by atoms with Crippen LogP contribution in [-0.4, -0.2) is 46.1 Å². The molecule has 25 heavy (non-hydrogen) atoms. The number of hydrogen-bond donors (Lipinski definition) is 0. The van der Waals surface area contributed by atoms with Gasteiger partial charge in [0.2, 0.25) is 0 Å². The van der Waals surface area contributed by atoms with Gasteiger partial charge in [0.15, 0.2) is 9.65 Å². The van der Waals surface area contributed by atoms with Crippen molar-refractivity contribution in [2.75, 3.05) is 31.2 Å². The zero-order chi connectivity index (χ0) is 17.2. The predicted molar refractivity (Wildman–Crippen MR) is 105 cm³/mol. The molecule has 0 aliphatic carbocycles. The van der Waals surface area contributed by atoms with Crippen LogP contribution >= 0.6 is 22.6 Å². The fraction of sp³-hybridized carbons (Fsp3) is 0.278. The van der Waals surface area contributed by atoms with E-state index in [2.05, 4.69) is 55.7 Å². The van der Waals surface area contributed by atoms with Gasteiger partial charge in [-0.05, 0) is 13.0 Å². The number of hydrogen-bond acceptors (Lipinski definition) is 5. The molecule has 1 aromatic carbocycles. The van der Waals surface area contributed by atoms with Gasteiger partial charge in [0, 0.05) is 53.0 Å². The van der Waals surface area contributed by atoms with Gasteiger partial charge in [0.25, 0.3) is 0 Å². The topological polar surface area (TPSA) is 56.1 Å². The van der Waals surface area contributed by atoms with E-state index in [9.17, 15) is 0 Å². The summed E-state index contributed by atoms with van der Waals surface area (Å²) < 4.78 is 8.03. The lowest BCUT2D eigenvalue weighted by molar-refractivity contribution is 0.122. The third-order valence-corrected chi connectivity index (χ3v) is 4.66. The minimum atomic E-state index is 0.716. The number of aromatic nitrogens is 4. The fourth-order valence-corrected chi connectivity index (χ4v) is 3.41. The van der Waals surface area contributed by atoms with Crippen molar-refractivity contribution in [2.24, 2.45) is 0 Å². The van der Waals surface area contributed by atoms with Gasteiger partial charge in [-0.15, -0.1) is 0 Å². The van der Waals surface area contributed by atoms with Gasteiger partial charge < -0.3 is 9.64 Å². The van der Waals surface area contributed by atoms with Crippen LogP contribution in [0.3, 0.4) is 0 Å². The van der Waals surface area contributed by atoms with Gasteiger partial charge in [-0.2, -0.15) is 5.10 Å². The molecule has 0 radical (unpaired) electrons. The highest BCUT2D eigenvalue weighted by molar-refractivity contribution is 14.1. The second kappa shape index (κ2) is 7.09. The second-order valence-corrected chi connectivity index (χ2v) is 6.87. The summed E-state index contributed by atoms with van der Waals surface area (Å²) in [5.41, 5.74) is 3.09. The van der Waals surface area contributed by atoms with E-state index in [-0.39, 0.29) is 0 Å². The van der Waals surface area contributed by atoms with E-state index in [4.69, 9.17) is 9.84 Å². The van der Waals surface area contributed by atoms with Crippen LogP contribution in [0.25, 0.3) is 17.1 Å². The zero-order valence-electron chi connectivity index (χ0n) is 13.9. The number of rotatable bonds is 3. The van der Waals surface area contributed by atoms with E-state index in [0.717, 1.165) is 54.9 Å². The smallest absolute Gasteiger partial charge is 0.194 e. The highest BCUT2D eigenvalue weighted by atomic mass is 127. The van der Waals surface area contributed by atoms with Crippen LogP contribution in [0.4, 0.5) is 5.82 Å². The Morgan fingerprint density at radius 1 is 1.00 bits per heavy atom. The van der Waals surface area contributed by atoms with Crippen LogP contribution in [-0.2, 0) is 4.74 Å². The molecule has 4 rings (SSSR count). The third-order valence-electron chi connectivity index (χ3n) is 4.18. The molecule has 128 valence electrons. The first kappa shape index (κ1) is 16.5. The first-order valence-corrected chi connectivity index (χ1v) is 9.28. The molecular formula is C18H18IN5O. The van der Waals surface area contributed by atoms with Crippen molar-refractivity contribution in [1.82, 2.24) is 19.7 Å². The standard InChI is InChI=1S/C18H18IN5O/c1-13-11-15(14-5-3-2-4-6-14)22-24(13)17-12-16(20-18(19)21-17)23-7-9-25-10-8-23/h2-6,11-12H,7-10H2,1H3. The van der Waals surface area contributed by atoms with Gasteiger partial charge in [-0.1, -0.05) is 30.3 Å². The number of halogens is 1. The van der Waals surface area contributed by atoms with Crippen LogP contribution in [0.5, 0.6) is 0 Å². The number of morpholine rings is 1. The Hall–Kier alpha value is -2.00. The summed E-state index contributed by atoms with van der Waals surface area (Å²) in [5, 5.41) is 4.76. The SMILES string of the molecule is Cc1cc(-c2ccccc2)nn1-c1cc(N2CCOCC2)nc(I)n1. The van der Waals surface area contributed by atoms with Crippen LogP contribution in [0.15, 0.2) is 42.5 Å². The van der Waals surface area contributed by atoms with E-state index < -0.39 is 0 Å². The molecule has 0 N–H and O–H groups in total. The molecule has 0 amide bonds. The van der Waals surface area contributed by atoms with Gasteiger partial charge in [-0.25, -0.2) is 14.6 Å². The van der Waals surface area contributed by atoms with E-state index >= 15 is 0 Å². The average molecular weight is 447 g/mol. The summed E-state index contributed by atoms with van der Waals surface area (Å²) in [6, 6.07) is 14.3. The molecule has 2 aromatic heterocycles. The maximum Gasteiger partial charge on any atom is 0.194 e. The summed E-state index contributed by atoms with van der Waals surface area (Å²) in [5.74, 6) is 1.72. The van der Waals surface area contributed by atoms with Crippen LogP contribution in [0, 0.1) is 10.8 Å². The van der Waals surface area contributed by atoms with E-state index in [1.165, 1.54) is 0 Å². The summed E-state index contributed by atoms with van der Waals surface area (Å²) in [6.07, 6.45) is 0. The molecule has 1 fully saturated rings. The highest BCUT2D eigenvalue weighted by Gasteiger charge is 2.16. The summed E-state index contributed by atoms with van der Waals surface area (Å²) in [7, 11) is 0. The molecule has 0 unspecified atom stereocenters. The normalized spacial score (nSPS) is 14.7. The molecule has 0 saturated carbocycles. The Morgan fingerprint density at radius 2 is 1.72 bits per heavy atom. The average Bonchev–Trinajstić information content (AvgIpc) is 3.04. The number of ether oxygens (including phenoxy) is 1. The van der Waals surface area contributed by atoms with Crippen LogP contribution in [0.2, 0.25) is 0 Å². The van der Waals surface area contributed by atoms with Gasteiger partial charge in [0.05, 0.1) is 18.9 Å². The lowest BCUT2D eigenvalue weighted by Crippen LogP contribution is -2.37. The quantitative estimate of drug-likeness (QED) is 0.457. The Balaban J connectivity index is 1.72. The summed E-state index contributed by atoms with van der Waals surface area (Å²) in [4.78, 5) is 11.4. The Bertz CT molecular complexity index is 874. The largest absolute Gasteiger partial charge is 0.378 e. The van der Waals surface area contributed by atoms with Crippen molar-refractivity contribution in [3.8, 4) is 17.1 Å². The first-order valence-electron chi connectivity index (χ1n) is 8.20. The molecular weight excluding hydrogens is 429 g/mol. The number of anilines is 1. The molecule has 7 heteroatoms. The van der Waals surface area contributed by atoms with E-state index in [0.29, 0.717) is 3.83 Å². The summed E-state index contributed by atoms with van der Waals surface area (Å²) in [6.45, 7) is 5.20. The van der Waals surface area contributed by atoms with Crippen molar-refractivity contribution in [3.05, 3.63) is 52.0 Å². The maximum absolute atomic E-state index is 5.43. The molecule has 0 bridgehead atoms. The molecule has 1 saturated heterocycles. The van der Waals surface area contributed by atoms with E-state index in [1.54, 1.807) is 0 Å². The van der Waals surface area contributed by atoms with Crippen molar-refractivity contribution >= 4 is 28.4 Å². The number of nitrogens with zero attached hydrogens (tertiary/aromatic N) is 5. The Kier molecular flexibility index (Phi) is 4.67. The zero-order valence-corrected chi connectivity index (χ0v) is 16.0. The second-order valence-electron chi connectivity index (χ2n) is 5.90. The highest BCUT2D eigenvalue weighted by Crippen LogP contribution is 2.23. The van der Waals surface area contributed by atoms with Crippen molar-refractivity contribution in [3.63, 3.8) is 0 Å². The fourth-order valence-electron chi connectivity index (χ4n) is 2.91. The molecule has 0 atom stereocenters. The molecule has 6 nitrogen and oxygen atoms in total. The number of benzene rings is 1. The maximum atomic E-state index is 5.43. The summed E-state index contributed by atoms with van der Waals surface area (Å²) >= 11 is 2.16. The minimum Gasteiger partial charge on any atom is -0.378 e. The van der Waals surface area contributed by atoms with Crippen molar-refractivity contribution in [2.45, 2.75) is 6.92 Å². The predicted octanol–water partition coefficient (Wildman–Crippen LogP) is 3.08. The lowest BCUT2D eigenvalue weighted by atomic mass is 10.1. The Labute approximate surface area is 160 Å². The molecule has 1 aliphatic heterocycles. The monoisotopic (exact) mass is 447 g/mol. The van der Waals surface area contributed by atoms with Gasteiger partial charge in [0.1, 0.15) is 5.82 Å². The van der Waals surface area contributed by atoms with Crippen molar-refractivity contribution in [1.29, 1.82) is 0 Å². The van der Waals surface area contributed by atoms with E-state index in [1.807, 2.05) is 35.9 Å². The molecule has 3 aromatic rings. The van der Waals surface area contributed by atoms with Crippen LogP contribution in [0.1, 0.15) is 5.69 Å². The van der Waals surface area contributed by atoms with Gasteiger partial charge >= 0.3 is 0 Å². The molecule has 0 spiro atoms. The molecule has 1 aliphatic rings. The van der Waals surface area contributed by atoms with Gasteiger partial charge in [-0.3, -0.25) is 0 Å². The Morgan fingerprint density at radius 3 is 2.48 bits per heavy atom. The molecule has 3 heterocycles. The lowest BCUT2D eigenvalue weighted by Gasteiger charge is -2.28. The first-order chi connectivity index (χ1) is 12.2.